The van der Waals surface area contributed by atoms with E-state index in [2.05, 4.69) is 10.00 Å². The Morgan fingerprint density at radius 3 is 2.83 bits per heavy atom. The van der Waals surface area contributed by atoms with Crippen LogP contribution in [0.4, 0.5) is 5.69 Å². The predicted molar refractivity (Wildman–Crippen MR) is 86.6 cm³/mol. The summed E-state index contributed by atoms with van der Waals surface area (Å²) in [6.07, 6.45) is 4.84. The molecule has 0 spiro atoms. The largest absolute Gasteiger partial charge is 0.377 e. The number of rotatable bonds is 3. The number of anilines is 1. The van der Waals surface area contributed by atoms with Gasteiger partial charge < -0.3 is 14.5 Å². The van der Waals surface area contributed by atoms with Gasteiger partial charge in [-0.15, -0.1) is 0 Å². The minimum atomic E-state index is -0.220. The van der Waals surface area contributed by atoms with Crippen molar-refractivity contribution >= 4 is 11.6 Å². The molecule has 7 heteroatoms. The van der Waals surface area contributed by atoms with E-state index < -0.39 is 0 Å². The van der Waals surface area contributed by atoms with Gasteiger partial charge in [-0.05, 0) is 26.2 Å². The van der Waals surface area contributed by atoms with Gasteiger partial charge in [-0.1, -0.05) is 0 Å². The highest BCUT2D eigenvalue weighted by atomic mass is 16.5. The van der Waals surface area contributed by atoms with Crippen LogP contribution >= 0.6 is 0 Å². The summed E-state index contributed by atoms with van der Waals surface area (Å²) in [5.74, 6) is -0.0779. The van der Waals surface area contributed by atoms with Crippen LogP contribution in [0.2, 0.25) is 0 Å². The van der Waals surface area contributed by atoms with Gasteiger partial charge in [0.25, 0.3) is 5.56 Å². The summed E-state index contributed by atoms with van der Waals surface area (Å²) < 4.78 is 6.79. The van der Waals surface area contributed by atoms with Gasteiger partial charge >= 0.3 is 0 Å². The quantitative estimate of drug-likeness (QED) is 0.810. The molecule has 23 heavy (non-hydrogen) atoms. The molecular weight excluding hydrogens is 296 g/mol. The van der Waals surface area contributed by atoms with E-state index in [0.29, 0.717) is 19.7 Å². The van der Waals surface area contributed by atoms with Crippen molar-refractivity contribution in [1.29, 1.82) is 0 Å². The number of hydrogen-bond acceptors (Lipinski definition) is 5. The third kappa shape index (κ3) is 3.90. The lowest BCUT2D eigenvalue weighted by Gasteiger charge is -2.22. The van der Waals surface area contributed by atoms with Crippen LogP contribution in [0, 0.1) is 0 Å². The van der Waals surface area contributed by atoms with Crippen molar-refractivity contribution in [2.75, 3.05) is 37.7 Å². The molecule has 1 atom stereocenters. The molecule has 126 valence electrons. The normalized spacial score (nSPS) is 22.2. The first kappa shape index (κ1) is 16.0. The van der Waals surface area contributed by atoms with Crippen molar-refractivity contribution in [1.82, 2.24) is 14.7 Å². The Morgan fingerprint density at radius 1 is 1.30 bits per heavy atom. The molecule has 1 aromatic heterocycles. The standard InChI is InChI=1S/C16H24N4O3/c1-13-11-19(7-4-8-23-13)16(22)12-20-15(21)9-14(10-17-20)18-5-2-3-6-18/h9-10,13H,2-8,11-12H2,1H3/t13-/m1/s1. The van der Waals surface area contributed by atoms with Crippen LogP contribution in [-0.4, -0.2) is 59.5 Å². The van der Waals surface area contributed by atoms with Crippen molar-refractivity contribution < 1.29 is 9.53 Å². The van der Waals surface area contributed by atoms with Crippen LogP contribution < -0.4 is 10.5 Å². The SMILES string of the molecule is C[C@@H]1CN(C(=O)Cn2ncc(N3CCCC3)cc2=O)CCCO1. The van der Waals surface area contributed by atoms with E-state index in [-0.39, 0.29) is 24.1 Å². The molecular formula is C16H24N4O3. The average molecular weight is 320 g/mol. The Bertz CT molecular complexity index is 610. The lowest BCUT2D eigenvalue weighted by Crippen LogP contribution is -2.40. The molecule has 2 aliphatic heterocycles. The van der Waals surface area contributed by atoms with Crippen molar-refractivity contribution in [3.05, 3.63) is 22.6 Å². The van der Waals surface area contributed by atoms with E-state index in [9.17, 15) is 9.59 Å². The molecule has 1 amide bonds. The van der Waals surface area contributed by atoms with Crippen LogP contribution in [0.15, 0.2) is 17.1 Å². The van der Waals surface area contributed by atoms with Crippen molar-refractivity contribution in [3.63, 3.8) is 0 Å². The van der Waals surface area contributed by atoms with Crippen LogP contribution in [-0.2, 0) is 16.1 Å². The molecule has 0 bridgehead atoms. The van der Waals surface area contributed by atoms with E-state index >= 15 is 0 Å². The van der Waals surface area contributed by atoms with Gasteiger partial charge in [-0.3, -0.25) is 9.59 Å². The summed E-state index contributed by atoms with van der Waals surface area (Å²) in [7, 11) is 0. The first-order chi connectivity index (χ1) is 11.1. The van der Waals surface area contributed by atoms with Crippen LogP contribution in [0.25, 0.3) is 0 Å². The van der Waals surface area contributed by atoms with E-state index in [1.807, 2.05) is 6.92 Å². The number of amides is 1. The van der Waals surface area contributed by atoms with Crippen molar-refractivity contribution in [2.24, 2.45) is 0 Å². The second-order valence-electron chi connectivity index (χ2n) is 6.28. The third-order valence-corrected chi connectivity index (χ3v) is 4.42. The lowest BCUT2D eigenvalue weighted by molar-refractivity contribution is -0.132. The van der Waals surface area contributed by atoms with Gasteiger partial charge in [-0.25, -0.2) is 4.68 Å². The van der Waals surface area contributed by atoms with E-state index in [1.165, 1.54) is 4.68 Å². The summed E-state index contributed by atoms with van der Waals surface area (Å²) in [5.41, 5.74) is 0.634. The van der Waals surface area contributed by atoms with Crippen LogP contribution in [0.5, 0.6) is 0 Å². The van der Waals surface area contributed by atoms with E-state index in [1.54, 1.807) is 17.2 Å². The second kappa shape index (κ2) is 7.12. The molecule has 0 radical (unpaired) electrons. The highest BCUT2D eigenvalue weighted by molar-refractivity contribution is 5.76. The van der Waals surface area contributed by atoms with Crippen LogP contribution in [0.3, 0.4) is 0 Å². The Morgan fingerprint density at radius 2 is 2.09 bits per heavy atom. The van der Waals surface area contributed by atoms with Crippen LogP contribution in [0.1, 0.15) is 26.2 Å². The Labute approximate surface area is 135 Å². The van der Waals surface area contributed by atoms with E-state index in [4.69, 9.17) is 4.74 Å². The van der Waals surface area contributed by atoms with Crippen molar-refractivity contribution in [2.45, 2.75) is 38.8 Å². The van der Waals surface area contributed by atoms with Gasteiger partial charge in [0.2, 0.25) is 5.91 Å². The topological polar surface area (TPSA) is 67.7 Å². The predicted octanol–water partition coefficient (Wildman–Crippen LogP) is 0.481. The maximum Gasteiger partial charge on any atom is 0.269 e. The Hall–Kier alpha value is -1.89. The first-order valence-electron chi connectivity index (χ1n) is 8.35. The minimum Gasteiger partial charge on any atom is -0.377 e. The average Bonchev–Trinajstić information content (AvgIpc) is 2.98. The maximum atomic E-state index is 12.4. The van der Waals surface area contributed by atoms with Gasteiger partial charge in [0.15, 0.2) is 0 Å². The lowest BCUT2D eigenvalue weighted by atomic mass is 10.3. The Kier molecular flexibility index (Phi) is 4.95. The zero-order valence-electron chi connectivity index (χ0n) is 13.6. The summed E-state index contributed by atoms with van der Waals surface area (Å²) in [4.78, 5) is 28.6. The minimum absolute atomic E-state index is 0.00810. The zero-order valence-corrected chi connectivity index (χ0v) is 13.6. The summed E-state index contributed by atoms with van der Waals surface area (Å²) in [6.45, 7) is 5.80. The van der Waals surface area contributed by atoms with Crippen molar-refractivity contribution in [3.8, 4) is 0 Å². The first-order valence-corrected chi connectivity index (χ1v) is 8.35. The molecule has 2 aliphatic rings. The smallest absolute Gasteiger partial charge is 0.269 e. The summed E-state index contributed by atoms with van der Waals surface area (Å²) >= 11 is 0. The molecule has 3 heterocycles. The third-order valence-electron chi connectivity index (χ3n) is 4.42. The highest BCUT2D eigenvalue weighted by Crippen LogP contribution is 2.16. The molecule has 0 saturated carbocycles. The van der Waals surface area contributed by atoms with E-state index in [0.717, 1.165) is 38.0 Å². The number of hydrogen-bond donors (Lipinski definition) is 0. The summed E-state index contributed by atoms with van der Waals surface area (Å²) in [6, 6.07) is 1.58. The molecule has 0 unspecified atom stereocenters. The number of aromatic nitrogens is 2. The number of ether oxygens (including phenoxy) is 1. The van der Waals surface area contributed by atoms with Gasteiger partial charge in [-0.2, -0.15) is 5.10 Å². The molecule has 3 rings (SSSR count). The maximum absolute atomic E-state index is 12.4. The van der Waals surface area contributed by atoms with Gasteiger partial charge in [0.05, 0.1) is 18.0 Å². The molecule has 0 aromatic carbocycles. The molecule has 2 fully saturated rings. The molecule has 7 nitrogen and oxygen atoms in total. The molecule has 0 aliphatic carbocycles. The fourth-order valence-corrected chi connectivity index (χ4v) is 3.14. The Balaban J connectivity index is 1.67. The zero-order chi connectivity index (χ0) is 16.2. The molecule has 2 saturated heterocycles. The molecule has 0 N–H and O–H groups in total. The summed E-state index contributed by atoms with van der Waals surface area (Å²) in [5, 5.41) is 4.18. The fraction of sp³-hybridized carbons (Fsp3) is 0.688. The van der Waals surface area contributed by atoms with Gasteiger partial charge in [0.1, 0.15) is 6.54 Å². The number of nitrogens with zero attached hydrogens (tertiary/aromatic N) is 4. The second-order valence-corrected chi connectivity index (χ2v) is 6.28. The fourth-order valence-electron chi connectivity index (χ4n) is 3.14. The van der Waals surface area contributed by atoms with Gasteiger partial charge in [0, 0.05) is 38.9 Å². The number of carbonyl (C=O) groups is 1. The molecule has 1 aromatic rings. The number of carbonyl (C=O) groups excluding carboxylic acids is 1. The highest BCUT2D eigenvalue weighted by Gasteiger charge is 2.21. The monoisotopic (exact) mass is 320 g/mol.